The molecule has 0 unspecified atom stereocenters. The van der Waals surface area contributed by atoms with Gasteiger partial charge in [-0.2, -0.15) is 5.10 Å². The summed E-state index contributed by atoms with van der Waals surface area (Å²) in [7, 11) is 0. The van der Waals surface area contributed by atoms with Crippen molar-refractivity contribution in [2.24, 2.45) is 5.10 Å². The van der Waals surface area contributed by atoms with Crippen LogP contribution in [0.5, 0.6) is 5.75 Å². The zero-order chi connectivity index (χ0) is 20.7. The lowest BCUT2D eigenvalue weighted by molar-refractivity contribution is -0.142. The highest BCUT2D eigenvalue weighted by molar-refractivity contribution is 7.13. The van der Waals surface area contributed by atoms with Gasteiger partial charge in [0.25, 0.3) is 0 Å². The topological polar surface area (TPSA) is 72.8 Å². The molecule has 0 spiro atoms. The highest BCUT2D eigenvalue weighted by Crippen LogP contribution is 2.16. The van der Waals surface area contributed by atoms with E-state index >= 15 is 0 Å². The largest absolute Gasteiger partial charge is 0.494 e. The number of carbonyl (C=O) groups is 1. The number of anilines is 1. The summed E-state index contributed by atoms with van der Waals surface area (Å²) in [5.41, 5.74) is 4.53. The molecule has 0 amide bonds. The summed E-state index contributed by atoms with van der Waals surface area (Å²) in [5, 5.41) is 6.66. The summed E-state index contributed by atoms with van der Waals surface area (Å²) >= 11 is 1.40. The molecule has 0 radical (unpaired) electrons. The number of benzene rings is 1. The molecule has 0 bridgehead atoms. The lowest BCUT2D eigenvalue weighted by Crippen LogP contribution is -2.07. The molecule has 0 aliphatic rings. The smallest absolute Gasteiger partial charge is 0.311 e. The van der Waals surface area contributed by atoms with Crippen LogP contribution in [0.3, 0.4) is 0 Å². The van der Waals surface area contributed by atoms with Crippen molar-refractivity contribution in [1.29, 1.82) is 0 Å². The van der Waals surface area contributed by atoms with Gasteiger partial charge in [-0.1, -0.05) is 39.0 Å². The van der Waals surface area contributed by atoms with E-state index in [1.165, 1.54) is 43.4 Å². The molecule has 0 aliphatic carbocycles. The van der Waals surface area contributed by atoms with Crippen LogP contribution in [-0.4, -0.2) is 30.4 Å². The molecule has 0 saturated carbocycles. The Kier molecular flexibility index (Phi) is 10.8. The van der Waals surface area contributed by atoms with Crippen LogP contribution < -0.4 is 10.2 Å². The molecule has 2 rings (SSSR count). The Labute approximate surface area is 177 Å². The summed E-state index contributed by atoms with van der Waals surface area (Å²) in [6.45, 7) is 5.16. The maximum atomic E-state index is 11.5. The molecule has 0 saturated heterocycles. The van der Waals surface area contributed by atoms with Gasteiger partial charge in [-0.3, -0.25) is 10.2 Å². The number of carbonyl (C=O) groups excluding carboxylic acids is 1. The lowest BCUT2D eigenvalue weighted by Gasteiger charge is -2.06. The maximum Gasteiger partial charge on any atom is 0.311 e. The molecule has 1 aromatic carbocycles. The second kappa shape index (κ2) is 13.7. The van der Waals surface area contributed by atoms with E-state index in [-0.39, 0.29) is 12.4 Å². The Morgan fingerprint density at radius 3 is 2.66 bits per heavy atom. The average molecular weight is 418 g/mol. The number of hydrogen-bond donors (Lipinski definition) is 1. The Morgan fingerprint density at radius 2 is 1.90 bits per heavy atom. The predicted octanol–water partition coefficient (Wildman–Crippen LogP) is 5.43. The fourth-order valence-electron chi connectivity index (χ4n) is 2.68. The van der Waals surface area contributed by atoms with Gasteiger partial charge in [0.05, 0.1) is 31.5 Å². The van der Waals surface area contributed by atoms with Crippen LogP contribution in [0.15, 0.2) is 34.7 Å². The summed E-state index contributed by atoms with van der Waals surface area (Å²) in [5.74, 6) is 0.610. The van der Waals surface area contributed by atoms with Crippen molar-refractivity contribution in [2.45, 2.75) is 58.8 Å². The number of hydrazone groups is 1. The number of nitrogens with zero attached hydrogens (tertiary/aromatic N) is 2. The van der Waals surface area contributed by atoms with E-state index in [9.17, 15) is 4.79 Å². The van der Waals surface area contributed by atoms with E-state index in [1.54, 1.807) is 13.1 Å². The zero-order valence-electron chi connectivity index (χ0n) is 17.4. The van der Waals surface area contributed by atoms with Crippen molar-refractivity contribution >= 4 is 28.7 Å². The van der Waals surface area contributed by atoms with Crippen LogP contribution in [0.4, 0.5) is 5.13 Å². The second-order valence-electron chi connectivity index (χ2n) is 6.68. The van der Waals surface area contributed by atoms with Gasteiger partial charge >= 0.3 is 5.97 Å². The first-order chi connectivity index (χ1) is 14.2. The monoisotopic (exact) mass is 417 g/mol. The van der Waals surface area contributed by atoms with Gasteiger partial charge in [-0.15, -0.1) is 11.3 Å². The van der Waals surface area contributed by atoms with E-state index in [1.807, 2.05) is 29.6 Å². The van der Waals surface area contributed by atoms with Crippen LogP contribution >= 0.6 is 11.3 Å². The third-order valence-electron chi connectivity index (χ3n) is 4.20. The van der Waals surface area contributed by atoms with E-state index in [0.717, 1.165) is 24.3 Å². The van der Waals surface area contributed by atoms with Crippen molar-refractivity contribution in [3.63, 3.8) is 0 Å². The van der Waals surface area contributed by atoms with E-state index in [4.69, 9.17) is 9.47 Å². The number of ether oxygens (including phenoxy) is 2. The molecule has 0 atom stereocenters. The summed E-state index contributed by atoms with van der Waals surface area (Å²) < 4.78 is 10.7. The van der Waals surface area contributed by atoms with E-state index < -0.39 is 0 Å². The molecular weight excluding hydrogens is 386 g/mol. The SMILES string of the molecule is CCCCCCCCOc1ccc(C=NNc2nc(CC(=O)OCC)cs2)cc1. The van der Waals surface area contributed by atoms with Gasteiger partial charge in [0, 0.05) is 5.38 Å². The first-order valence-electron chi connectivity index (χ1n) is 10.3. The summed E-state index contributed by atoms with van der Waals surface area (Å²) in [6, 6.07) is 7.85. The van der Waals surface area contributed by atoms with Crippen LogP contribution in [0.25, 0.3) is 0 Å². The quantitative estimate of drug-likeness (QED) is 0.192. The van der Waals surface area contributed by atoms with Gasteiger partial charge in [-0.25, -0.2) is 4.98 Å². The van der Waals surface area contributed by atoms with Gasteiger partial charge < -0.3 is 9.47 Å². The molecule has 7 heteroatoms. The molecule has 1 N–H and O–H groups in total. The van der Waals surface area contributed by atoms with E-state index in [0.29, 0.717) is 17.4 Å². The molecule has 0 aliphatic heterocycles. The summed E-state index contributed by atoms with van der Waals surface area (Å²) in [6.07, 6.45) is 9.46. The Bertz CT molecular complexity index is 744. The number of thiazole rings is 1. The van der Waals surface area contributed by atoms with Crippen molar-refractivity contribution in [3.8, 4) is 5.75 Å². The summed E-state index contributed by atoms with van der Waals surface area (Å²) in [4.78, 5) is 15.8. The van der Waals surface area contributed by atoms with Crippen LogP contribution in [0.2, 0.25) is 0 Å². The second-order valence-corrected chi connectivity index (χ2v) is 7.54. The number of hydrogen-bond acceptors (Lipinski definition) is 7. The molecule has 1 heterocycles. The predicted molar refractivity (Wildman–Crippen MR) is 119 cm³/mol. The number of nitrogens with one attached hydrogen (secondary N) is 1. The zero-order valence-corrected chi connectivity index (χ0v) is 18.2. The highest BCUT2D eigenvalue weighted by atomic mass is 32.1. The molecule has 0 fully saturated rings. The van der Waals surface area contributed by atoms with Crippen LogP contribution in [0.1, 0.15) is 63.6 Å². The lowest BCUT2D eigenvalue weighted by atomic mass is 10.1. The van der Waals surface area contributed by atoms with Gasteiger partial charge in [0.1, 0.15) is 5.75 Å². The Hall–Kier alpha value is -2.41. The van der Waals surface area contributed by atoms with E-state index in [2.05, 4.69) is 22.4 Å². The molecule has 29 heavy (non-hydrogen) atoms. The van der Waals surface area contributed by atoms with Crippen molar-refractivity contribution < 1.29 is 14.3 Å². The third-order valence-corrected chi connectivity index (χ3v) is 5.00. The van der Waals surface area contributed by atoms with Crippen molar-refractivity contribution in [3.05, 3.63) is 40.9 Å². The number of aromatic nitrogens is 1. The molecule has 1 aromatic heterocycles. The van der Waals surface area contributed by atoms with Crippen molar-refractivity contribution in [1.82, 2.24) is 4.98 Å². The Morgan fingerprint density at radius 1 is 1.14 bits per heavy atom. The van der Waals surface area contributed by atoms with Crippen LogP contribution in [0, 0.1) is 0 Å². The fourth-order valence-corrected chi connectivity index (χ4v) is 3.34. The normalized spacial score (nSPS) is 11.0. The maximum absolute atomic E-state index is 11.5. The van der Waals surface area contributed by atoms with Gasteiger partial charge in [-0.05, 0) is 43.2 Å². The minimum absolute atomic E-state index is 0.177. The van der Waals surface area contributed by atoms with Crippen molar-refractivity contribution in [2.75, 3.05) is 18.6 Å². The van der Waals surface area contributed by atoms with Gasteiger partial charge in [0.15, 0.2) is 0 Å². The van der Waals surface area contributed by atoms with Crippen LogP contribution in [-0.2, 0) is 16.0 Å². The van der Waals surface area contributed by atoms with Gasteiger partial charge in [0.2, 0.25) is 5.13 Å². The molecule has 6 nitrogen and oxygen atoms in total. The minimum atomic E-state index is -0.272. The fraction of sp³-hybridized carbons (Fsp3) is 0.500. The molecule has 2 aromatic rings. The molecule has 158 valence electrons. The number of rotatable bonds is 14. The number of esters is 1. The first-order valence-corrected chi connectivity index (χ1v) is 11.2. The standard InChI is InChI=1S/C22H31N3O3S/c1-3-5-6-7-8-9-14-28-20-12-10-18(11-13-20)16-23-25-22-24-19(17-29-22)15-21(26)27-4-2/h10-13,16-17H,3-9,14-15H2,1-2H3,(H,24,25). The number of unbranched alkanes of at least 4 members (excludes halogenated alkanes) is 5. The molecular formula is C22H31N3O3S. The highest BCUT2D eigenvalue weighted by Gasteiger charge is 2.07. The Balaban J connectivity index is 1.68. The first kappa shape index (κ1) is 22.9. The third kappa shape index (κ3) is 9.56. The average Bonchev–Trinajstić information content (AvgIpc) is 3.15. The minimum Gasteiger partial charge on any atom is -0.494 e.